The van der Waals surface area contributed by atoms with Gasteiger partial charge in [0.05, 0.1) is 5.02 Å². The average molecular weight is 399 g/mol. The molecule has 0 spiro atoms. The van der Waals surface area contributed by atoms with Crippen LogP contribution in [-0.2, 0) is 9.53 Å². The molecule has 1 aromatic carbocycles. The molecule has 2 rings (SSSR count). The molecule has 0 aromatic heterocycles. The lowest BCUT2D eigenvalue weighted by Gasteiger charge is -2.24. The number of hydrogen-bond acceptors (Lipinski definition) is 5. The van der Waals surface area contributed by atoms with E-state index in [0.29, 0.717) is 19.6 Å². The van der Waals surface area contributed by atoms with Gasteiger partial charge in [0, 0.05) is 19.2 Å². The van der Waals surface area contributed by atoms with Crippen molar-refractivity contribution in [2.75, 3.05) is 32.8 Å². The maximum absolute atomic E-state index is 13.4. The van der Waals surface area contributed by atoms with E-state index < -0.39 is 24.1 Å². The Hall–Kier alpha value is -1.58. The first kappa shape index (κ1) is 20.7. The molecule has 1 aliphatic heterocycles. The van der Waals surface area contributed by atoms with E-state index in [1.807, 2.05) is 4.90 Å². The second-order valence-electron chi connectivity index (χ2n) is 6.06. The van der Waals surface area contributed by atoms with Crippen LogP contribution in [0.5, 0.6) is 5.75 Å². The molecule has 10 heteroatoms. The lowest BCUT2D eigenvalue weighted by Crippen LogP contribution is -2.40. The van der Waals surface area contributed by atoms with E-state index >= 15 is 0 Å². The van der Waals surface area contributed by atoms with E-state index in [1.54, 1.807) is 0 Å². The van der Waals surface area contributed by atoms with Crippen molar-refractivity contribution in [3.63, 3.8) is 0 Å². The first-order valence-corrected chi connectivity index (χ1v) is 8.35. The number of likely N-dealkylation sites (tertiary alicyclic amines) is 1. The Bertz CT molecular complexity index is 630. The molecular weight excluding hydrogens is 380 g/mol. The highest BCUT2D eigenvalue weighted by molar-refractivity contribution is 6.30. The summed E-state index contributed by atoms with van der Waals surface area (Å²) in [6, 6.07) is 3.63. The zero-order chi connectivity index (χ0) is 19.3. The van der Waals surface area contributed by atoms with E-state index in [-0.39, 0.29) is 29.8 Å². The zero-order valence-electron chi connectivity index (χ0n) is 13.8. The highest BCUT2D eigenvalue weighted by atomic mass is 35.5. The Balaban J connectivity index is 1.99. The third-order valence-electron chi connectivity index (χ3n) is 4.00. The standard InChI is InChI=1S/C16H19ClF4N2O3/c17-13-2-1-11(5-14(13)18)25-9-12(26-15(24)16(19,20)21)8-23-4-3-10(6-22)7-23/h1-2,5,10,12H,3-4,6-9,22H2. The third kappa shape index (κ3) is 6.00. The van der Waals surface area contributed by atoms with Crippen LogP contribution in [0.4, 0.5) is 17.6 Å². The van der Waals surface area contributed by atoms with E-state index in [1.165, 1.54) is 12.1 Å². The topological polar surface area (TPSA) is 64.8 Å². The molecule has 0 aliphatic carbocycles. The van der Waals surface area contributed by atoms with Gasteiger partial charge >= 0.3 is 12.1 Å². The zero-order valence-corrected chi connectivity index (χ0v) is 14.5. The number of benzene rings is 1. The molecule has 0 radical (unpaired) electrons. The molecule has 1 fully saturated rings. The van der Waals surface area contributed by atoms with Gasteiger partial charge in [0.15, 0.2) is 0 Å². The third-order valence-corrected chi connectivity index (χ3v) is 4.30. The quantitative estimate of drug-likeness (QED) is 0.565. The first-order chi connectivity index (χ1) is 12.2. The normalized spacial score (nSPS) is 19.4. The number of hydrogen-bond donors (Lipinski definition) is 1. The van der Waals surface area contributed by atoms with Crippen LogP contribution in [0.2, 0.25) is 5.02 Å². The monoisotopic (exact) mass is 398 g/mol. The SMILES string of the molecule is NCC1CCN(CC(COc2ccc(Cl)c(F)c2)OC(=O)C(F)(F)F)C1. The maximum atomic E-state index is 13.4. The maximum Gasteiger partial charge on any atom is 0.490 e. The number of rotatable bonds is 7. The number of esters is 1. The Morgan fingerprint density at radius 2 is 2.15 bits per heavy atom. The van der Waals surface area contributed by atoms with Crippen molar-refractivity contribution in [1.82, 2.24) is 4.90 Å². The molecule has 1 saturated heterocycles. The lowest BCUT2D eigenvalue weighted by molar-refractivity contribution is -0.206. The van der Waals surface area contributed by atoms with Crippen molar-refractivity contribution in [2.45, 2.75) is 18.7 Å². The van der Waals surface area contributed by atoms with Gasteiger partial charge in [-0.05, 0) is 37.6 Å². The summed E-state index contributed by atoms with van der Waals surface area (Å²) in [5.74, 6) is -2.69. The van der Waals surface area contributed by atoms with E-state index in [2.05, 4.69) is 4.74 Å². The largest absolute Gasteiger partial charge is 0.490 e. The molecule has 5 nitrogen and oxygen atoms in total. The predicted octanol–water partition coefficient (Wildman–Crippen LogP) is 2.61. The number of nitrogens with zero attached hydrogens (tertiary/aromatic N) is 1. The van der Waals surface area contributed by atoms with Crippen LogP contribution in [0.1, 0.15) is 6.42 Å². The van der Waals surface area contributed by atoms with Crippen molar-refractivity contribution in [2.24, 2.45) is 11.7 Å². The van der Waals surface area contributed by atoms with Gasteiger partial charge in [0.1, 0.15) is 24.3 Å². The predicted molar refractivity (Wildman–Crippen MR) is 86.4 cm³/mol. The fourth-order valence-electron chi connectivity index (χ4n) is 2.66. The summed E-state index contributed by atoms with van der Waals surface area (Å²) in [5, 5.41) is -0.109. The number of alkyl halides is 3. The Morgan fingerprint density at radius 1 is 1.42 bits per heavy atom. The number of nitrogens with two attached hydrogens (primary N) is 1. The van der Waals surface area contributed by atoms with Crippen LogP contribution < -0.4 is 10.5 Å². The van der Waals surface area contributed by atoms with Gasteiger partial charge in [-0.25, -0.2) is 9.18 Å². The van der Waals surface area contributed by atoms with Crippen molar-refractivity contribution < 1.29 is 31.8 Å². The number of carbonyl (C=O) groups is 1. The summed E-state index contributed by atoms with van der Waals surface area (Å²) in [6.07, 6.45) is -5.45. The van der Waals surface area contributed by atoms with Crippen LogP contribution in [-0.4, -0.2) is 55.9 Å². The summed E-state index contributed by atoms with van der Waals surface area (Å²) in [5.41, 5.74) is 5.59. The van der Waals surface area contributed by atoms with Crippen LogP contribution in [0, 0.1) is 11.7 Å². The molecule has 1 heterocycles. The molecule has 1 aromatic rings. The number of ether oxygens (including phenoxy) is 2. The van der Waals surface area contributed by atoms with Gasteiger partial charge in [-0.3, -0.25) is 4.90 Å². The van der Waals surface area contributed by atoms with Gasteiger partial charge in [-0.1, -0.05) is 11.6 Å². The summed E-state index contributed by atoms with van der Waals surface area (Å²) in [4.78, 5) is 13.0. The molecule has 0 saturated carbocycles. The molecule has 146 valence electrons. The minimum absolute atomic E-state index is 0.0639. The second-order valence-corrected chi connectivity index (χ2v) is 6.47. The molecule has 2 N–H and O–H groups in total. The van der Waals surface area contributed by atoms with Gasteiger partial charge in [0.2, 0.25) is 0 Å². The van der Waals surface area contributed by atoms with Crippen LogP contribution in [0.3, 0.4) is 0 Å². The highest BCUT2D eigenvalue weighted by Gasteiger charge is 2.42. The fraction of sp³-hybridized carbons (Fsp3) is 0.562. The Labute approximate surface area is 153 Å². The first-order valence-electron chi connectivity index (χ1n) is 7.97. The lowest BCUT2D eigenvalue weighted by atomic mass is 10.1. The van der Waals surface area contributed by atoms with E-state index in [9.17, 15) is 22.4 Å². The van der Waals surface area contributed by atoms with Gasteiger partial charge < -0.3 is 15.2 Å². The summed E-state index contributed by atoms with van der Waals surface area (Å²) in [6.45, 7) is 1.43. The highest BCUT2D eigenvalue weighted by Crippen LogP contribution is 2.23. The van der Waals surface area contributed by atoms with Gasteiger partial charge in [-0.2, -0.15) is 13.2 Å². The smallest absolute Gasteiger partial charge is 0.490 e. The summed E-state index contributed by atoms with van der Waals surface area (Å²) >= 11 is 5.56. The second kappa shape index (κ2) is 8.88. The van der Waals surface area contributed by atoms with Gasteiger partial charge in [-0.15, -0.1) is 0 Å². The minimum Gasteiger partial charge on any atom is -0.490 e. The average Bonchev–Trinajstić information content (AvgIpc) is 3.02. The molecule has 1 aliphatic rings. The van der Waals surface area contributed by atoms with E-state index in [4.69, 9.17) is 22.1 Å². The van der Waals surface area contributed by atoms with E-state index in [0.717, 1.165) is 12.5 Å². The number of carbonyl (C=O) groups excluding carboxylic acids is 1. The summed E-state index contributed by atoms with van der Waals surface area (Å²) in [7, 11) is 0. The Kier molecular flexibility index (Phi) is 7.08. The molecule has 2 atom stereocenters. The number of halogens is 5. The molecule has 0 bridgehead atoms. The summed E-state index contributed by atoms with van der Waals surface area (Å²) < 4.78 is 60.7. The molecule has 26 heavy (non-hydrogen) atoms. The van der Waals surface area contributed by atoms with Crippen molar-refractivity contribution in [3.8, 4) is 5.75 Å². The fourth-order valence-corrected chi connectivity index (χ4v) is 2.77. The molecule has 2 unspecified atom stereocenters. The molecule has 0 amide bonds. The van der Waals surface area contributed by atoms with Crippen LogP contribution in [0.25, 0.3) is 0 Å². The Morgan fingerprint density at radius 3 is 2.73 bits per heavy atom. The van der Waals surface area contributed by atoms with Crippen LogP contribution in [0.15, 0.2) is 18.2 Å². The van der Waals surface area contributed by atoms with Crippen LogP contribution >= 0.6 is 11.6 Å². The van der Waals surface area contributed by atoms with Crippen molar-refractivity contribution in [3.05, 3.63) is 29.0 Å². The van der Waals surface area contributed by atoms with Crippen molar-refractivity contribution in [1.29, 1.82) is 0 Å². The van der Waals surface area contributed by atoms with Gasteiger partial charge in [0.25, 0.3) is 0 Å². The van der Waals surface area contributed by atoms with Crippen molar-refractivity contribution >= 4 is 17.6 Å². The minimum atomic E-state index is -5.10. The molecular formula is C16H19ClF4N2O3.